The molecule has 1 saturated heterocycles. The highest BCUT2D eigenvalue weighted by molar-refractivity contribution is 6.36. The normalized spacial score (nSPS) is 15.9. The number of rotatable bonds is 6. The van der Waals surface area contributed by atoms with Gasteiger partial charge in [0.05, 0.1) is 37.4 Å². The number of hydrogen-bond donors (Lipinski definition) is 1. The molecular weight excluding hydrogens is 415 g/mol. The summed E-state index contributed by atoms with van der Waals surface area (Å²) in [6.07, 6.45) is 1.70. The first kappa shape index (κ1) is 21.3. The summed E-state index contributed by atoms with van der Waals surface area (Å²) in [5, 5.41) is 3.33. The molecule has 0 unspecified atom stereocenters. The summed E-state index contributed by atoms with van der Waals surface area (Å²) >= 11 is 11.9. The summed E-state index contributed by atoms with van der Waals surface area (Å²) < 4.78 is 10.7. The number of benzene rings is 2. The Morgan fingerprint density at radius 2 is 1.93 bits per heavy atom. The van der Waals surface area contributed by atoms with E-state index in [9.17, 15) is 9.59 Å². The smallest absolute Gasteiger partial charge is 0.253 e. The molecule has 1 aliphatic heterocycles. The predicted molar refractivity (Wildman–Crippen MR) is 112 cm³/mol. The Morgan fingerprint density at radius 1 is 1.14 bits per heavy atom. The van der Waals surface area contributed by atoms with Crippen LogP contribution in [-0.2, 0) is 4.79 Å². The molecule has 1 heterocycles. The number of nitrogens with zero attached hydrogens (tertiary/aromatic N) is 1. The highest BCUT2D eigenvalue weighted by Crippen LogP contribution is 2.38. The Morgan fingerprint density at radius 3 is 2.62 bits per heavy atom. The van der Waals surface area contributed by atoms with E-state index in [2.05, 4.69) is 5.32 Å². The average molecular weight is 437 g/mol. The summed E-state index contributed by atoms with van der Waals surface area (Å²) in [5.74, 6) is 0.779. The molecule has 1 aliphatic rings. The molecule has 0 spiro atoms. The molecule has 2 amide bonds. The van der Waals surface area contributed by atoms with Crippen LogP contribution in [-0.4, -0.2) is 44.0 Å². The van der Waals surface area contributed by atoms with E-state index in [0.717, 1.165) is 18.4 Å². The highest BCUT2D eigenvalue weighted by atomic mass is 35.5. The van der Waals surface area contributed by atoms with Crippen LogP contribution in [0.3, 0.4) is 0 Å². The topological polar surface area (TPSA) is 67.9 Å². The molecule has 0 bridgehead atoms. The van der Waals surface area contributed by atoms with E-state index >= 15 is 0 Å². The zero-order valence-electron chi connectivity index (χ0n) is 16.2. The van der Waals surface area contributed by atoms with Gasteiger partial charge in [0.2, 0.25) is 5.91 Å². The highest BCUT2D eigenvalue weighted by Gasteiger charge is 2.32. The molecule has 0 aliphatic carbocycles. The third kappa shape index (κ3) is 4.77. The maximum absolute atomic E-state index is 12.8. The van der Waals surface area contributed by atoms with Crippen molar-refractivity contribution in [3.63, 3.8) is 0 Å². The fraction of sp³-hybridized carbons (Fsp3) is 0.333. The van der Waals surface area contributed by atoms with Crippen LogP contribution < -0.4 is 14.8 Å². The zero-order chi connectivity index (χ0) is 21.0. The van der Waals surface area contributed by atoms with Crippen LogP contribution in [0.2, 0.25) is 10.0 Å². The average Bonchev–Trinajstić information content (AvgIpc) is 3.21. The number of amides is 2. The molecule has 0 radical (unpaired) electrons. The van der Waals surface area contributed by atoms with Crippen LogP contribution >= 0.6 is 23.2 Å². The first-order valence-corrected chi connectivity index (χ1v) is 9.95. The molecule has 2 aromatic carbocycles. The van der Waals surface area contributed by atoms with Gasteiger partial charge in [-0.3, -0.25) is 9.59 Å². The second-order valence-electron chi connectivity index (χ2n) is 6.66. The van der Waals surface area contributed by atoms with E-state index in [-0.39, 0.29) is 29.1 Å². The van der Waals surface area contributed by atoms with E-state index < -0.39 is 5.91 Å². The molecule has 2 aromatic rings. The van der Waals surface area contributed by atoms with Gasteiger partial charge in [-0.2, -0.15) is 0 Å². The molecule has 0 aromatic heterocycles. The molecule has 8 heteroatoms. The number of ether oxygens (including phenoxy) is 2. The number of nitrogens with one attached hydrogen (secondary N) is 1. The molecule has 29 heavy (non-hydrogen) atoms. The van der Waals surface area contributed by atoms with Crippen molar-refractivity contribution >= 4 is 35.0 Å². The van der Waals surface area contributed by atoms with Crippen LogP contribution in [0.5, 0.6) is 11.5 Å². The maximum atomic E-state index is 12.8. The van der Waals surface area contributed by atoms with Gasteiger partial charge >= 0.3 is 0 Å². The third-order valence-electron chi connectivity index (χ3n) is 4.95. The fourth-order valence-corrected chi connectivity index (χ4v) is 4.00. The largest absolute Gasteiger partial charge is 0.497 e. The first-order chi connectivity index (χ1) is 13.9. The van der Waals surface area contributed by atoms with E-state index in [0.29, 0.717) is 23.1 Å². The van der Waals surface area contributed by atoms with Crippen molar-refractivity contribution in [2.24, 2.45) is 0 Å². The van der Waals surface area contributed by atoms with Crippen LogP contribution in [0, 0.1) is 0 Å². The van der Waals surface area contributed by atoms with Crippen LogP contribution in [0.4, 0.5) is 0 Å². The number of likely N-dealkylation sites (tertiary alicyclic amines) is 1. The molecule has 6 nitrogen and oxygen atoms in total. The lowest BCUT2D eigenvalue weighted by molar-refractivity contribution is -0.131. The van der Waals surface area contributed by atoms with E-state index in [4.69, 9.17) is 32.7 Å². The van der Waals surface area contributed by atoms with E-state index in [1.54, 1.807) is 31.3 Å². The van der Waals surface area contributed by atoms with E-state index in [1.165, 1.54) is 12.1 Å². The molecule has 0 saturated carbocycles. The van der Waals surface area contributed by atoms with Crippen molar-refractivity contribution < 1.29 is 19.1 Å². The van der Waals surface area contributed by atoms with Crippen LogP contribution in [0.25, 0.3) is 0 Å². The minimum absolute atomic E-state index is 0.112. The summed E-state index contributed by atoms with van der Waals surface area (Å²) in [4.78, 5) is 27.0. The zero-order valence-corrected chi connectivity index (χ0v) is 17.7. The van der Waals surface area contributed by atoms with Gasteiger partial charge in [-0.15, -0.1) is 0 Å². The van der Waals surface area contributed by atoms with Crippen molar-refractivity contribution in [1.29, 1.82) is 0 Å². The van der Waals surface area contributed by atoms with Crippen molar-refractivity contribution in [1.82, 2.24) is 10.2 Å². The molecule has 1 atom stereocenters. The minimum atomic E-state index is -0.419. The van der Waals surface area contributed by atoms with Gasteiger partial charge in [0.1, 0.15) is 11.5 Å². The van der Waals surface area contributed by atoms with Gasteiger partial charge < -0.3 is 19.7 Å². The third-order valence-corrected chi connectivity index (χ3v) is 5.50. The number of halogens is 2. The Balaban J connectivity index is 1.69. The minimum Gasteiger partial charge on any atom is -0.497 e. The molecule has 154 valence electrons. The number of hydrogen-bond acceptors (Lipinski definition) is 4. The Bertz CT molecular complexity index is 920. The number of methoxy groups -OCH3 is 2. The van der Waals surface area contributed by atoms with Crippen LogP contribution in [0.1, 0.15) is 34.8 Å². The summed E-state index contributed by atoms with van der Waals surface area (Å²) in [7, 11) is 3.19. The molecular formula is C21H22Cl2N2O4. The summed E-state index contributed by atoms with van der Waals surface area (Å²) in [5.41, 5.74) is 1.20. The standard InChI is InChI=1S/C21H22Cl2N2O4/c1-28-14-6-8-16(19(11-14)29-2)18-4-3-9-25(18)20(26)12-24-21(27)15-7-5-13(22)10-17(15)23/h5-8,10-11,18H,3-4,9,12H2,1-2H3,(H,24,27)/t18-/m0/s1. The van der Waals surface area contributed by atoms with E-state index in [1.807, 2.05) is 12.1 Å². The van der Waals surface area contributed by atoms with Gasteiger partial charge in [-0.1, -0.05) is 23.2 Å². The van der Waals surface area contributed by atoms with Gasteiger partial charge in [0.15, 0.2) is 0 Å². The summed E-state index contributed by atoms with van der Waals surface area (Å²) in [6.45, 7) is 0.503. The fourth-order valence-electron chi connectivity index (χ4n) is 3.51. The monoisotopic (exact) mass is 436 g/mol. The quantitative estimate of drug-likeness (QED) is 0.739. The molecule has 1 N–H and O–H groups in total. The van der Waals surface area contributed by atoms with Crippen molar-refractivity contribution in [2.45, 2.75) is 18.9 Å². The SMILES string of the molecule is COc1ccc([C@@H]2CCCN2C(=O)CNC(=O)c2ccc(Cl)cc2Cl)c(OC)c1. The summed E-state index contributed by atoms with van der Waals surface area (Å²) in [6, 6.07) is 10.1. The number of carbonyl (C=O) groups is 2. The van der Waals surface area contributed by atoms with Crippen molar-refractivity contribution in [3.8, 4) is 11.5 Å². The van der Waals surface area contributed by atoms with Gasteiger partial charge in [-0.05, 0) is 43.2 Å². The van der Waals surface area contributed by atoms with Gasteiger partial charge in [0.25, 0.3) is 5.91 Å². The lowest BCUT2D eigenvalue weighted by Gasteiger charge is -2.26. The Labute approximate surface area is 179 Å². The maximum Gasteiger partial charge on any atom is 0.253 e. The number of carbonyl (C=O) groups excluding carboxylic acids is 2. The van der Waals surface area contributed by atoms with Crippen molar-refractivity contribution in [2.75, 3.05) is 27.3 Å². The van der Waals surface area contributed by atoms with Gasteiger partial charge in [-0.25, -0.2) is 0 Å². The van der Waals surface area contributed by atoms with Gasteiger partial charge in [0, 0.05) is 23.2 Å². The molecule has 3 rings (SSSR count). The second-order valence-corrected chi connectivity index (χ2v) is 7.50. The van der Waals surface area contributed by atoms with Crippen LogP contribution in [0.15, 0.2) is 36.4 Å². The first-order valence-electron chi connectivity index (χ1n) is 9.19. The van der Waals surface area contributed by atoms with Crippen molar-refractivity contribution in [3.05, 3.63) is 57.6 Å². The Hall–Kier alpha value is -2.44. The molecule has 1 fully saturated rings. The second kappa shape index (κ2) is 9.37. The lowest BCUT2D eigenvalue weighted by Crippen LogP contribution is -2.40. The lowest BCUT2D eigenvalue weighted by atomic mass is 10.0. The Kier molecular flexibility index (Phi) is 6.87. The predicted octanol–water partition coefficient (Wildman–Crippen LogP) is 4.10.